The van der Waals surface area contributed by atoms with Crippen molar-refractivity contribution in [3.8, 4) is 11.5 Å². The van der Waals surface area contributed by atoms with Gasteiger partial charge in [0.2, 0.25) is 5.91 Å². The first-order chi connectivity index (χ1) is 13.5. The van der Waals surface area contributed by atoms with E-state index in [1.165, 1.54) is 0 Å². The van der Waals surface area contributed by atoms with Gasteiger partial charge in [-0.15, -0.1) is 0 Å². The number of hydrogen-bond donors (Lipinski definition) is 2. The monoisotopic (exact) mass is 390 g/mol. The van der Waals surface area contributed by atoms with Crippen molar-refractivity contribution in [2.75, 3.05) is 47.9 Å². The van der Waals surface area contributed by atoms with Crippen molar-refractivity contribution in [3.63, 3.8) is 0 Å². The van der Waals surface area contributed by atoms with E-state index in [-0.39, 0.29) is 11.3 Å². The van der Waals surface area contributed by atoms with Gasteiger partial charge in [-0.1, -0.05) is 18.9 Å². The molecule has 7 heteroatoms. The number of nitrogens with one attached hydrogen (secondary N) is 2. The fourth-order valence-corrected chi connectivity index (χ4v) is 3.63. The minimum Gasteiger partial charge on any atom is -0.497 e. The van der Waals surface area contributed by atoms with Gasteiger partial charge in [0.05, 0.1) is 19.1 Å². The number of methoxy groups -OCH3 is 1. The normalized spacial score (nSPS) is 15.8. The molecule has 1 aromatic carbocycles. The zero-order valence-corrected chi connectivity index (χ0v) is 17.6. The lowest BCUT2D eigenvalue weighted by atomic mass is 9.84. The molecule has 0 aliphatic heterocycles. The van der Waals surface area contributed by atoms with Crippen molar-refractivity contribution >= 4 is 11.9 Å². The summed E-state index contributed by atoms with van der Waals surface area (Å²) >= 11 is 0. The van der Waals surface area contributed by atoms with Crippen LogP contribution in [0, 0.1) is 5.41 Å². The average Bonchev–Trinajstić information content (AvgIpc) is 3.19. The molecular formula is C21H34N4O3. The largest absolute Gasteiger partial charge is 0.497 e. The van der Waals surface area contributed by atoms with Crippen molar-refractivity contribution in [1.29, 1.82) is 0 Å². The second-order valence-electron chi connectivity index (χ2n) is 7.42. The average molecular weight is 391 g/mol. The molecular weight excluding hydrogens is 356 g/mol. The Labute approximate surface area is 168 Å². The summed E-state index contributed by atoms with van der Waals surface area (Å²) in [6.07, 6.45) is 4.91. The SMILES string of the molecule is CN=C(NCCCOc1cccc(OC)c1)NCC1(C(=O)N(C)C)CCCC1. The van der Waals surface area contributed by atoms with Gasteiger partial charge in [-0.25, -0.2) is 0 Å². The highest BCUT2D eigenvalue weighted by Crippen LogP contribution is 2.38. The van der Waals surface area contributed by atoms with Crippen LogP contribution in [-0.4, -0.2) is 64.7 Å². The van der Waals surface area contributed by atoms with Gasteiger partial charge >= 0.3 is 0 Å². The lowest BCUT2D eigenvalue weighted by Crippen LogP contribution is -2.49. The van der Waals surface area contributed by atoms with Crippen LogP contribution < -0.4 is 20.1 Å². The van der Waals surface area contributed by atoms with E-state index in [2.05, 4.69) is 15.6 Å². The standard InChI is InChI=1S/C21H34N4O3/c1-22-20(24-16-21(11-5-6-12-21)19(26)25(2)3)23-13-8-14-28-18-10-7-9-17(15-18)27-4/h7,9-10,15H,5-6,8,11-14,16H2,1-4H3,(H2,22,23,24). The number of carbonyl (C=O) groups is 1. The molecule has 1 saturated carbocycles. The van der Waals surface area contributed by atoms with Crippen LogP contribution in [0.1, 0.15) is 32.1 Å². The Morgan fingerprint density at radius 2 is 1.93 bits per heavy atom. The summed E-state index contributed by atoms with van der Waals surface area (Å²) in [6, 6.07) is 7.59. The van der Waals surface area contributed by atoms with E-state index in [1.807, 2.05) is 38.4 Å². The molecule has 0 atom stereocenters. The van der Waals surface area contributed by atoms with E-state index in [0.29, 0.717) is 13.2 Å². The Morgan fingerprint density at radius 3 is 2.57 bits per heavy atom. The van der Waals surface area contributed by atoms with E-state index in [1.54, 1.807) is 19.1 Å². The van der Waals surface area contributed by atoms with E-state index in [0.717, 1.165) is 56.1 Å². The molecule has 0 bridgehead atoms. The molecule has 1 fully saturated rings. The number of guanidine groups is 1. The first-order valence-corrected chi connectivity index (χ1v) is 9.94. The first-order valence-electron chi connectivity index (χ1n) is 9.94. The molecule has 1 amide bonds. The van der Waals surface area contributed by atoms with E-state index in [4.69, 9.17) is 9.47 Å². The highest BCUT2D eigenvalue weighted by molar-refractivity contribution is 5.85. The number of aliphatic imine (C=N–C) groups is 1. The summed E-state index contributed by atoms with van der Waals surface area (Å²) < 4.78 is 10.9. The van der Waals surface area contributed by atoms with Crippen LogP contribution in [0.4, 0.5) is 0 Å². The van der Waals surface area contributed by atoms with E-state index in [9.17, 15) is 4.79 Å². The number of nitrogens with zero attached hydrogens (tertiary/aromatic N) is 2. The Hall–Kier alpha value is -2.44. The first kappa shape index (κ1) is 21.9. The van der Waals surface area contributed by atoms with Gasteiger partial charge < -0.3 is 25.0 Å². The van der Waals surface area contributed by atoms with Crippen molar-refractivity contribution in [2.45, 2.75) is 32.1 Å². The van der Waals surface area contributed by atoms with Crippen LogP contribution in [0.25, 0.3) is 0 Å². The quantitative estimate of drug-likeness (QED) is 0.384. The summed E-state index contributed by atoms with van der Waals surface area (Å²) in [4.78, 5) is 18.6. The van der Waals surface area contributed by atoms with Gasteiger partial charge in [0.15, 0.2) is 5.96 Å². The van der Waals surface area contributed by atoms with Gasteiger partial charge in [-0.3, -0.25) is 9.79 Å². The highest BCUT2D eigenvalue weighted by atomic mass is 16.5. The molecule has 28 heavy (non-hydrogen) atoms. The lowest BCUT2D eigenvalue weighted by molar-refractivity contribution is -0.138. The van der Waals surface area contributed by atoms with Crippen molar-refractivity contribution < 1.29 is 14.3 Å². The van der Waals surface area contributed by atoms with Crippen LogP contribution in [-0.2, 0) is 4.79 Å². The zero-order chi connectivity index (χ0) is 20.4. The van der Waals surface area contributed by atoms with Gasteiger partial charge in [0, 0.05) is 40.3 Å². The van der Waals surface area contributed by atoms with Crippen LogP contribution in [0.2, 0.25) is 0 Å². The maximum Gasteiger partial charge on any atom is 0.230 e. The van der Waals surface area contributed by atoms with Crippen molar-refractivity contribution in [3.05, 3.63) is 24.3 Å². The number of amides is 1. The molecule has 0 spiro atoms. The molecule has 1 aromatic rings. The summed E-state index contributed by atoms with van der Waals surface area (Å²) in [7, 11) is 7.05. The Bertz CT molecular complexity index is 655. The Balaban J connectivity index is 1.73. The number of carbonyl (C=O) groups excluding carboxylic acids is 1. The van der Waals surface area contributed by atoms with Crippen LogP contribution >= 0.6 is 0 Å². The van der Waals surface area contributed by atoms with Crippen molar-refractivity contribution in [1.82, 2.24) is 15.5 Å². The third kappa shape index (κ3) is 6.04. The fraction of sp³-hybridized carbons (Fsp3) is 0.619. The van der Waals surface area contributed by atoms with Crippen LogP contribution in [0.3, 0.4) is 0 Å². The maximum absolute atomic E-state index is 12.6. The predicted octanol–water partition coefficient (Wildman–Crippen LogP) is 2.28. The molecule has 2 rings (SSSR count). The Morgan fingerprint density at radius 1 is 1.21 bits per heavy atom. The number of benzene rings is 1. The third-order valence-corrected chi connectivity index (χ3v) is 5.16. The van der Waals surface area contributed by atoms with Crippen LogP contribution in [0.15, 0.2) is 29.3 Å². The lowest BCUT2D eigenvalue weighted by Gasteiger charge is -2.31. The number of ether oxygens (including phenoxy) is 2. The summed E-state index contributed by atoms with van der Waals surface area (Å²) in [6.45, 7) is 1.95. The van der Waals surface area contributed by atoms with Gasteiger partial charge in [0.1, 0.15) is 11.5 Å². The summed E-state index contributed by atoms with van der Waals surface area (Å²) in [5.74, 6) is 2.51. The zero-order valence-electron chi connectivity index (χ0n) is 17.6. The topological polar surface area (TPSA) is 75.2 Å². The van der Waals surface area contributed by atoms with Gasteiger partial charge in [0.25, 0.3) is 0 Å². The molecule has 0 unspecified atom stereocenters. The molecule has 0 saturated heterocycles. The molecule has 2 N–H and O–H groups in total. The summed E-state index contributed by atoms with van der Waals surface area (Å²) in [5, 5.41) is 6.64. The van der Waals surface area contributed by atoms with Gasteiger partial charge in [-0.05, 0) is 31.4 Å². The molecule has 0 radical (unpaired) electrons. The van der Waals surface area contributed by atoms with Crippen molar-refractivity contribution in [2.24, 2.45) is 10.4 Å². The molecule has 156 valence electrons. The second-order valence-corrected chi connectivity index (χ2v) is 7.42. The molecule has 1 aliphatic carbocycles. The fourth-order valence-electron chi connectivity index (χ4n) is 3.63. The summed E-state index contributed by atoms with van der Waals surface area (Å²) in [5.41, 5.74) is -0.309. The highest BCUT2D eigenvalue weighted by Gasteiger charge is 2.42. The molecule has 0 heterocycles. The minimum atomic E-state index is -0.309. The van der Waals surface area contributed by atoms with E-state index >= 15 is 0 Å². The van der Waals surface area contributed by atoms with Gasteiger partial charge in [-0.2, -0.15) is 0 Å². The Kier molecular flexibility index (Phi) is 8.42. The van der Waals surface area contributed by atoms with E-state index < -0.39 is 0 Å². The molecule has 7 nitrogen and oxygen atoms in total. The molecule has 1 aliphatic rings. The smallest absolute Gasteiger partial charge is 0.230 e. The number of hydrogen-bond acceptors (Lipinski definition) is 4. The molecule has 0 aromatic heterocycles. The number of rotatable bonds is 9. The second kappa shape index (κ2) is 10.8. The minimum absolute atomic E-state index is 0.208. The third-order valence-electron chi connectivity index (χ3n) is 5.16. The predicted molar refractivity (Wildman–Crippen MR) is 112 cm³/mol. The van der Waals surface area contributed by atoms with Crippen LogP contribution in [0.5, 0.6) is 11.5 Å². The maximum atomic E-state index is 12.6.